The molecule has 86 valence electrons. The fraction of sp³-hybridized carbons (Fsp3) is 0. The van der Waals surface area contributed by atoms with Crippen molar-refractivity contribution in [1.29, 1.82) is 0 Å². The maximum absolute atomic E-state index is 11.8. The van der Waals surface area contributed by atoms with Gasteiger partial charge in [0.2, 0.25) is 0 Å². The van der Waals surface area contributed by atoms with Crippen LogP contribution in [0.2, 0.25) is 5.02 Å². The lowest BCUT2D eigenvalue weighted by atomic mass is 10.2. The first kappa shape index (κ1) is 11.4. The van der Waals surface area contributed by atoms with Crippen molar-refractivity contribution in [2.24, 2.45) is 0 Å². The van der Waals surface area contributed by atoms with Crippen LogP contribution in [0.15, 0.2) is 42.6 Å². The molecule has 0 aliphatic heterocycles. The molecular weight excluding hydrogens is 238 g/mol. The fourth-order valence-electron chi connectivity index (χ4n) is 1.30. The number of carbonyl (C=O) groups is 1. The lowest BCUT2D eigenvalue weighted by molar-refractivity contribution is 0.102. The third-order valence-electron chi connectivity index (χ3n) is 2.18. The molecule has 0 radical (unpaired) electrons. The van der Waals surface area contributed by atoms with Crippen molar-refractivity contribution >= 4 is 29.0 Å². The van der Waals surface area contributed by atoms with Crippen LogP contribution in [0.4, 0.5) is 11.5 Å². The van der Waals surface area contributed by atoms with E-state index in [1.807, 2.05) is 0 Å². The van der Waals surface area contributed by atoms with Gasteiger partial charge in [-0.2, -0.15) is 0 Å². The number of nitrogens with two attached hydrogens (primary N) is 1. The van der Waals surface area contributed by atoms with E-state index < -0.39 is 0 Å². The predicted molar refractivity (Wildman–Crippen MR) is 68.1 cm³/mol. The van der Waals surface area contributed by atoms with E-state index >= 15 is 0 Å². The third-order valence-corrected chi connectivity index (χ3v) is 2.43. The van der Waals surface area contributed by atoms with E-state index in [2.05, 4.69) is 10.3 Å². The predicted octanol–water partition coefficient (Wildman–Crippen LogP) is 2.57. The molecule has 0 aliphatic rings. The SMILES string of the molecule is Nc1cccnc1NC(=O)c1ccc(Cl)cc1. The quantitative estimate of drug-likeness (QED) is 0.857. The number of benzene rings is 1. The number of nitrogen functional groups attached to an aromatic ring is 1. The van der Waals surface area contributed by atoms with E-state index in [-0.39, 0.29) is 5.91 Å². The molecule has 0 fully saturated rings. The van der Waals surface area contributed by atoms with Crippen molar-refractivity contribution in [1.82, 2.24) is 4.98 Å². The molecule has 0 unspecified atom stereocenters. The Hall–Kier alpha value is -2.07. The fourth-order valence-corrected chi connectivity index (χ4v) is 1.43. The molecule has 0 spiro atoms. The van der Waals surface area contributed by atoms with Crippen molar-refractivity contribution < 1.29 is 4.79 Å². The van der Waals surface area contributed by atoms with Crippen LogP contribution in [0.1, 0.15) is 10.4 Å². The number of rotatable bonds is 2. The van der Waals surface area contributed by atoms with Gasteiger partial charge in [-0.05, 0) is 36.4 Å². The van der Waals surface area contributed by atoms with Crippen LogP contribution in [-0.4, -0.2) is 10.9 Å². The smallest absolute Gasteiger partial charge is 0.256 e. The highest BCUT2D eigenvalue weighted by Gasteiger charge is 2.08. The molecule has 2 rings (SSSR count). The molecule has 0 bridgehead atoms. The Morgan fingerprint density at radius 1 is 1.24 bits per heavy atom. The summed E-state index contributed by atoms with van der Waals surface area (Å²) >= 11 is 5.74. The van der Waals surface area contributed by atoms with Crippen molar-refractivity contribution in [3.05, 3.63) is 53.2 Å². The number of halogens is 1. The number of anilines is 2. The summed E-state index contributed by atoms with van der Waals surface area (Å²) in [5.74, 6) is 0.0829. The average molecular weight is 248 g/mol. The van der Waals surface area contributed by atoms with Gasteiger partial charge in [-0.3, -0.25) is 4.79 Å². The zero-order chi connectivity index (χ0) is 12.3. The Labute approximate surface area is 103 Å². The summed E-state index contributed by atoms with van der Waals surface area (Å²) in [6.45, 7) is 0. The minimum Gasteiger partial charge on any atom is -0.396 e. The molecule has 0 atom stereocenters. The van der Waals surface area contributed by atoms with Crippen molar-refractivity contribution in [3.8, 4) is 0 Å². The van der Waals surface area contributed by atoms with Gasteiger partial charge in [-0.25, -0.2) is 4.98 Å². The first-order chi connectivity index (χ1) is 8.16. The maximum atomic E-state index is 11.8. The number of pyridine rings is 1. The van der Waals surface area contributed by atoms with Crippen LogP contribution in [-0.2, 0) is 0 Å². The lowest BCUT2D eigenvalue weighted by Gasteiger charge is -2.06. The molecule has 1 heterocycles. The molecule has 1 aromatic carbocycles. The summed E-state index contributed by atoms with van der Waals surface area (Å²) in [4.78, 5) is 15.8. The molecule has 0 saturated heterocycles. The normalized spacial score (nSPS) is 9.94. The van der Waals surface area contributed by atoms with E-state index in [0.717, 1.165) is 0 Å². The first-order valence-electron chi connectivity index (χ1n) is 4.94. The van der Waals surface area contributed by atoms with Crippen LogP contribution in [0, 0.1) is 0 Å². The average Bonchev–Trinajstić information content (AvgIpc) is 2.33. The zero-order valence-corrected chi connectivity index (χ0v) is 9.61. The van der Waals surface area contributed by atoms with E-state index in [9.17, 15) is 4.79 Å². The van der Waals surface area contributed by atoms with E-state index in [4.69, 9.17) is 17.3 Å². The zero-order valence-electron chi connectivity index (χ0n) is 8.85. The molecule has 1 amide bonds. The van der Waals surface area contributed by atoms with Crippen molar-refractivity contribution in [2.45, 2.75) is 0 Å². The molecule has 2 aromatic rings. The van der Waals surface area contributed by atoms with Gasteiger partial charge in [0.25, 0.3) is 5.91 Å². The van der Waals surface area contributed by atoms with Crippen LogP contribution in [0.3, 0.4) is 0 Å². The molecular formula is C12H10ClN3O. The summed E-state index contributed by atoms with van der Waals surface area (Å²) < 4.78 is 0. The Kier molecular flexibility index (Phi) is 3.25. The van der Waals surface area contributed by atoms with Crippen molar-refractivity contribution in [2.75, 3.05) is 11.1 Å². The Morgan fingerprint density at radius 2 is 1.94 bits per heavy atom. The third kappa shape index (κ3) is 2.73. The number of nitrogens with zero attached hydrogens (tertiary/aromatic N) is 1. The largest absolute Gasteiger partial charge is 0.396 e. The maximum Gasteiger partial charge on any atom is 0.256 e. The summed E-state index contributed by atoms with van der Waals surface area (Å²) in [7, 11) is 0. The minimum absolute atomic E-state index is 0.271. The number of nitrogens with one attached hydrogen (secondary N) is 1. The molecule has 5 heteroatoms. The lowest BCUT2D eigenvalue weighted by Crippen LogP contribution is -2.14. The van der Waals surface area contributed by atoms with Gasteiger partial charge in [0.05, 0.1) is 5.69 Å². The summed E-state index contributed by atoms with van der Waals surface area (Å²) in [6, 6.07) is 9.95. The second-order valence-electron chi connectivity index (χ2n) is 3.40. The van der Waals surface area contributed by atoms with Gasteiger partial charge in [-0.15, -0.1) is 0 Å². The molecule has 0 saturated carbocycles. The molecule has 1 aromatic heterocycles. The number of amides is 1. The molecule has 4 nitrogen and oxygen atoms in total. The van der Waals surface area contributed by atoms with Crippen LogP contribution in [0.25, 0.3) is 0 Å². The molecule has 0 aliphatic carbocycles. The highest BCUT2D eigenvalue weighted by Crippen LogP contribution is 2.15. The van der Waals surface area contributed by atoms with Crippen molar-refractivity contribution in [3.63, 3.8) is 0 Å². The van der Waals surface area contributed by atoms with Gasteiger partial charge >= 0.3 is 0 Å². The second kappa shape index (κ2) is 4.84. The van der Waals surface area contributed by atoms with Gasteiger partial charge in [0, 0.05) is 16.8 Å². The van der Waals surface area contributed by atoms with Gasteiger partial charge in [0.1, 0.15) is 0 Å². The van der Waals surface area contributed by atoms with Crippen LogP contribution in [0.5, 0.6) is 0 Å². The first-order valence-corrected chi connectivity index (χ1v) is 5.32. The number of carbonyl (C=O) groups excluding carboxylic acids is 1. The number of hydrogen-bond donors (Lipinski definition) is 2. The van der Waals surface area contributed by atoms with Crippen LogP contribution >= 0.6 is 11.6 Å². The summed E-state index contributed by atoms with van der Waals surface area (Å²) in [5.41, 5.74) is 6.60. The Morgan fingerprint density at radius 3 is 2.59 bits per heavy atom. The van der Waals surface area contributed by atoms with Gasteiger partial charge in [-0.1, -0.05) is 11.6 Å². The van der Waals surface area contributed by atoms with Gasteiger partial charge < -0.3 is 11.1 Å². The molecule has 3 N–H and O–H groups in total. The minimum atomic E-state index is -0.271. The number of hydrogen-bond acceptors (Lipinski definition) is 3. The summed E-state index contributed by atoms with van der Waals surface area (Å²) in [6.07, 6.45) is 1.56. The molecule has 17 heavy (non-hydrogen) atoms. The topological polar surface area (TPSA) is 68.0 Å². The second-order valence-corrected chi connectivity index (χ2v) is 3.84. The number of aromatic nitrogens is 1. The van der Waals surface area contributed by atoms with E-state index in [0.29, 0.717) is 22.1 Å². The monoisotopic (exact) mass is 247 g/mol. The van der Waals surface area contributed by atoms with E-state index in [1.165, 1.54) is 0 Å². The Bertz CT molecular complexity index is 540. The van der Waals surface area contributed by atoms with Crippen LogP contribution < -0.4 is 11.1 Å². The van der Waals surface area contributed by atoms with E-state index in [1.54, 1.807) is 42.6 Å². The highest BCUT2D eigenvalue weighted by molar-refractivity contribution is 6.30. The van der Waals surface area contributed by atoms with Gasteiger partial charge in [0.15, 0.2) is 5.82 Å². The summed E-state index contributed by atoms with van der Waals surface area (Å²) in [5, 5.41) is 3.21. The Balaban J connectivity index is 2.17. The standard InChI is InChI=1S/C12H10ClN3O/c13-9-5-3-8(4-6-9)12(17)16-11-10(14)2-1-7-15-11/h1-7H,14H2,(H,15,16,17). The highest BCUT2D eigenvalue weighted by atomic mass is 35.5.